The van der Waals surface area contributed by atoms with Crippen LogP contribution in [0.15, 0.2) is 0 Å². The Kier molecular flexibility index (Phi) is 4.35. The number of hydrogen-bond acceptors (Lipinski definition) is 3. The van der Waals surface area contributed by atoms with E-state index in [9.17, 15) is 4.79 Å². The molecule has 0 aromatic heterocycles. The second-order valence-corrected chi connectivity index (χ2v) is 3.94. The number of nitrogens with zero attached hydrogens (tertiary/aromatic N) is 1. The molecule has 4 nitrogen and oxygen atoms in total. The molecule has 0 amide bonds. The quantitative estimate of drug-likeness (QED) is 0.662. The molecule has 0 bridgehead atoms. The highest BCUT2D eigenvalue weighted by Crippen LogP contribution is 2.34. The first-order chi connectivity index (χ1) is 6.65. The first kappa shape index (κ1) is 11.5. The van der Waals surface area contributed by atoms with Crippen molar-refractivity contribution in [3.05, 3.63) is 0 Å². The summed E-state index contributed by atoms with van der Waals surface area (Å²) >= 11 is 0. The summed E-state index contributed by atoms with van der Waals surface area (Å²) in [6, 6.07) is 0.376. The van der Waals surface area contributed by atoms with Gasteiger partial charge in [0.1, 0.15) is 0 Å². The Labute approximate surface area is 84.8 Å². The number of carboxylic acids is 1. The molecule has 0 spiro atoms. The molecular weight excluding hydrogens is 182 g/mol. The summed E-state index contributed by atoms with van der Waals surface area (Å²) in [5, 5.41) is 8.75. The van der Waals surface area contributed by atoms with Crippen LogP contribution in [0.25, 0.3) is 0 Å². The number of carboxylic acid groups (broad SMARTS) is 1. The van der Waals surface area contributed by atoms with Crippen LogP contribution >= 0.6 is 0 Å². The molecule has 1 fully saturated rings. The van der Waals surface area contributed by atoms with Gasteiger partial charge in [0.05, 0.1) is 13.2 Å². The predicted molar refractivity (Wildman–Crippen MR) is 53.3 cm³/mol. The predicted octanol–water partition coefficient (Wildman–Crippen LogP) is 0.818. The Morgan fingerprint density at radius 2 is 2.29 bits per heavy atom. The molecule has 1 aliphatic carbocycles. The van der Waals surface area contributed by atoms with Gasteiger partial charge in [0.2, 0.25) is 0 Å². The van der Waals surface area contributed by atoms with Gasteiger partial charge >= 0.3 is 5.97 Å². The van der Waals surface area contributed by atoms with Crippen molar-refractivity contribution in [3.8, 4) is 0 Å². The lowest BCUT2D eigenvalue weighted by Gasteiger charge is -2.27. The SMILES string of the molecule is COCCN(CC(=O)O)C(C)C1CC1. The van der Waals surface area contributed by atoms with Crippen molar-refractivity contribution in [1.29, 1.82) is 0 Å². The van der Waals surface area contributed by atoms with Crippen molar-refractivity contribution in [2.75, 3.05) is 26.8 Å². The molecule has 0 aromatic rings. The molecular formula is C10H19NO3. The van der Waals surface area contributed by atoms with Gasteiger partial charge in [-0.3, -0.25) is 9.69 Å². The second kappa shape index (κ2) is 5.32. The van der Waals surface area contributed by atoms with Crippen LogP contribution in [0.3, 0.4) is 0 Å². The number of carbonyl (C=O) groups is 1. The Morgan fingerprint density at radius 3 is 2.71 bits per heavy atom. The van der Waals surface area contributed by atoms with E-state index in [2.05, 4.69) is 6.92 Å². The van der Waals surface area contributed by atoms with E-state index in [1.54, 1.807) is 7.11 Å². The molecule has 82 valence electrons. The lowest BCUT2D eigenvalue weighted by molar-refractivity contribution is -0.139. The van der Waals surface area contributed by atoms with Crippen LogP contribution in [-0.4, -0.2) is 48.8 Å². The zero-order valence-electron chi connectivity index (χ0n) is 8.90. The standard InChI is InChI=1S/C10H19NO3/c1-8(9-3-4-9)11(5-6-14-2)7-10(12)13/h8-9H,3-7H2,1-2H3,(H,12,13). The number of hydrogen-bond donors (Lipinski definition) is 1. The van der Waals surface area contributed by atoms with Gasteiger partial charge in [-0.2, -0.15) is 0 Å². The summed E-state index contributed by atoms with van der Waals surface area (Å²) < 4.78 is 4.97. The molecule has 14 heavy (non-hydrogen) atoms. The Hall–Kier alpha value is -0.610. The van der Waals surface area contributed by atoms with Crippen LogP contribution in [0.5, 0.6) is 0 Å². The van der Waals surface area contributed by atoms with Crippen LogP contribution in [0.4, 0.5) is 0 Å². The maximum atomic E-state index is 10.6. The summed E-state index contributed by atoms with van der Waals surface area (Å²) in [7, 11) is 1.64. The van der Waals surface area contributed by atoms with Gasteiger partial charge in [0.25, 0.3) is 0 Å². The Bertz CT molecular complexity index is 192. The van der Waals surface area contributed by atoms with Crippen molar-refractivity contribution in [1.82, 2.24) is 4.90 Å². The number of methoxy groups -OCH3 is 1. The number of rotatable bonds is 7. The fourth-order valence-corrected chi connectivity index (χ4v) is 1.69. The van der Waals surface area contributed by atoms with Crippen LogP contribution in [-0.2, 0) is 9.53 Å². The average Bonchev–Trinajstić information content (AvgIpc) is 2.93. The maximum absolute atomic E-state index is 10.6. The van der Waals surface area contributed by atoms with Gasteiger partial charge in [-0.25, -0.2) is 0 Å². The third-order valence-corrected chi connectivity index (χ3v) is 2.80. The van der Waals surface area contributed by atoms with E-state index >= 15 is 0 Å². The summed E-state index contributed by atoms with van der Waals surface area (Å²) in [5.74, 6) is -0.0557. The van der Waals surface area contributed by atoms with E-state index in [4.69, 9.17) is 9.84 Å². The van der Waals surface area contributed by atoms with Gasteiger partial charge in [0, 0.05) is 19.7 Å². The van der Waals surface area contributed by atoms with E-state index in [1.807, 2.05) is 4.90 Å². The van der Waals surface area contributed by atoms with E-state index in [0.717, 1.165) is 0 Å². The fourth-order valence-electron chi connectivity index (χ4n) is 1.69. The smallest absolute Gasteiger partial charge is 0.317 e. The summed E-state index contributed by atoms with van der Waals surface area (Å²) in [4.78, 5) is 12.6. The average molecular weight is 201 g/mol. The highest BCUT2D eigenvalue weighted by atomic mass is 16.5. The van der Waals surface area contributed by atoms with Gasteiger partial charge in [-0.05, 0) is 25.7 Å². The van der Waals surface area contributed by atoms with Crippen molar-refractivity contribution in [2.24, 2.45) is 5.92 Å². The Morgan fingerprint density at radius 1 is 1.64 bits per heavy atom. The normalized spacial score (nSPS) is 18.5. The van der Waals surface area contributed by atoms with Gasteiger partial charge in [0.15, 0.2) is 0 Å². The van der Waals surface area contributed by atoms with Crippen molar-refractivity contribution in [3.63, 3.8) is 0 Å². The van der Waals surface area contributed by atoms with E-state index < -0.39 is 5.97 Å². The molecule has 1 N–H and O–H groups in total. The minimum absolute atomic E-state index is 0.126. The lowest BCUT2D eigenvalue weighted by Crippen LogP contribution is -2.40. The third kappa shape index (κ3) is 3.64. The van der Waals surface area contributed by atoms with E-state index in [0.29, 0.717) is 25.1 Å². The molecule has 0 radical (unpaired) electrons. The Balaban J connectivity index is 2.37. The van der Waals surface area contributed by atoms with Crippen molar-refractivity contribution >= 4 is 5.97 Å². The van der Waals surface area contributed by atoms with Crippen molar-refractivity contribution < 1.29 is 14.6 Å². The molecule has 4 heteroatoms. The van der Waals surface area contributed by atoms with Gasteiger partial charge in [-0.15, -0.1) is 0 Å². The minimum atomic E-state index is -0.756. The zero-order valence-corrected chi connectivity index (χ0v) is 8.90. The molecule has 1 unspecified atom stereocenters. The molecule has 0 aliphatic heterocycles. The number of ether oxygens (including phenoxy) is 1. The summed E-state index contributed by atoms with van der Waals surface area (Å²) in [6.07, 6.45) is 2.48. The molecule has 1 saturated carbocycles. The largest absolute Gasteiger partial charge is 0.480 e. The van der Waals surface area contributed by atoms with Crippen LogP contribution in [0, 0.1) is 5.92 Å². The van der Waals surface area contributed by atoms with Crippen LogP contribution in [0.2, 0.25) is 0 Å². The third-order valence-electron chi connectivity index (χ3n) is 2.80. The molecule has 0 aromatic carbocycles. The highest BCUT2D eigenvalue weighted by molar-refractivity contribution is 5.69. The lowest BCUT2D eigenvalue weighted by atomic mass is 10.2. The first-order valence-electron chi connectivity index (χ1n) is 5.10. The zero-order chi connectivity index (χ0) is 10.6. The van der Waals surface area contributed by atoms with Gasteiger partial charge < -0.3 is 9.84 Å². The highest BCUT2D eigenvalue weighted by Gasteiger charge is 2.32. The molecule has 1 atom stereocenters. The monoisotopic (exact) mass is 201 g/mol. The van der Waals surface area contributed by atoms with E-state index in [-0.39, 0.29) is 6.54 Å². The van der Waals surface area contributed by atoms with Crippen LogP contribution in [0.1, 0.15) is 19.8 Å². The second-order valence-electron chi connectivity index (χ2n) is 3.94. The topological polar surface area (TPSA) is 49.8 Å². The first-order valence-corrected chi connectivity index (χ1v) is 5.10. The molecule has 0 saturated heterocycles. The summed E-state index contributed by atoms with van der Waals surface area (Å²) in [6.45, 7) is 3.54. The van der Waals surface area contributed by atoms with Crippen LogP contribution < -0.4 is 0 Å². The van der Waals surface area contributed by atoms with Crippen molar-refractivity contribution in [2.45, 2.75) is 25.8 Å². The van der Waals surface area contributed by atoms with Gasteiger partial charge in [-0.1, -0.05) is 0 Å². The molecule has 1 aliphatic rings. The molecule has 1 rings (SSSR count). The fraction of sp³-hybridized carbons (Fsp3) is 0.900. The summed E-state index contributed by atoms with van der Waals surface area (Å²) in [5.41, 5.74) is 0. The maximum Gasteiger partial charge on any atom is 0.317 e. The minimum Gasteiger partial charge on any atom is -0.480 e. The number of aliphatic carboxylic acids is 1. The molecule has 0 heterocycles. The van der Waals surface area contributed by atoms with E-state index in [1.165, 1.54) is 12.8 Å².